The highest BCUT2D eigenvalue weighted by molar-refractivity contribution is 7.12. The molecule has 104 valence electrons. The Morgan fingerprint density at radius 1 is 1.63 bits per heavy atom. The third-order valence-corrected chi connectivity index (χ3v) is 4.79. The van der Waals surface area contributed by atoms with Crippen LogP contribution in [0.2, 0.25) is 0 Å². The van der Waals surface area contributed by atoms with Gasteiger partial charge in [0, 0.05) is 16.8 Å². The van der Waals surface area contributed by atoms with Crippen molar-refractivity contribution in [3.63, 3.8) is 0 Å². The lowest BCUT2D eigenvalue weighted by atomic mass is 9.86. The zero-order valence-electron chi connectivity index (χ0n) is 10.8. The number of aliphatic hydroxyl groups is 1. The highest BCUT2D eigenvalue weighted by Crippen LogP contribution is 2.37. The summed E-state index contributed by atoms with van der Waals surface area (Å²) in [4.78, 5) is 23.6. The van der Waals surface area contributed by atoms with Gasteiger partial charge in [-0.05, 0) is 18.9 Å². The normalized spacial score (nSPS) is 26.3. The van der Waals surface area contributed by atoms with E-state index >= 15 is 0 Å². The molecule has 0 radical (unpaired) electrons. The van der Waals surface area contributed by atoms with Gasteiger partial charge in [-0.2, -0.15) is 0 Å². The summed E-state index contributed by atoms with van der Waals surface area (Å²) in [5.41, 5.74) is 5.26. The zero-order valence-corrected chi connectivity index (χ0v) is 11.6. The van der Waals surface area contributed by atoms with Crippen LogP contribution in [0.15, 0.2) is 11.4 Å². The van der Waals surface area contributed by atoms with Gasteiger partial charge in [-0.1, -0.05) is 13.3 Å². The van der Waals surface area contributed by atoms with Crippen molar-refractivity contribution in [1.82, 2.24) is 5.32 Å². The fraction of sp³-hybridized carbons (Fsp3) is 0.538. The minimum atomic E-state index is -0.531. The van der Waals surface area contributed by atoms with Crippen LogP contribution in [-0.2, 0) is 0 Å². The Labute approximate surface area is 115 Å². The van der Waals surface area contributed by atoms with Crippen LogP contribution in [0, 0.1) is 5.41 Å². The molecule has 2 amide bonds. The van der Waals surface area contributed by atoms with Crippen LogP contribution in [0.4, 0.5) is 0 Å². The lowest BCUT2D eigenvalue weighted by molar-refractivity contribution is 0.0834. The molecule has 0 aliphatic heterocycles. The maximum Gasteiger partial charge on any atom is 0.261 e. The molecule has 4 N–H and O–H groups in total. The van der Waals surface area contributed by atoms with E-state index in [9.17, 15) is 14.7 Å². The van der Waals surface area contributed by atoms with Crippen LogP contribution in [0.5, 0.6) is 0 Å². The number of aliphatic hydroxyl groups excluding tert-OH is 1. The topological polar surface area (TPSA) is 92.4 Å². The van der Waals surface area contributed by atoms with Crippen LogP contribution < -0.4 is 11.1 Å². The molecule has 2 rings (SSSR count). The number of nitrogens with one attached hydrogen (secondary N) is 1. The maximum atomic E-state index is 12.1. The number of carbonyl (C=O) groups excluding carboxylic acids is 2. The molecule has 5 nitrogen and oxygen atoms in total. The molecule has 0 bridgehead atoms. The lowest BCUT2D eigenvalue weighted by Gasteiger charge is -2.29. The first kappa shape index (κ1) is 14.0. The van der Waals surface area contributed by atoms with Crippen molar-refractivity contribution in [3.8, 4) is 0 Å². The molecule has 1 saturated carbocycles. The molecule has 1 aliphatic carbocycles. The van der Waals surface area contributed by atoms with Crippen LogP contribution in [-0.4, -0.2) is 29.6 Å². The van der Waals surface area contributed by atoms with Crippen LogP contribution in [0.3, 0.4) is 0 Å². The average molecular weight is 282 g/mol. The average Bonchev–Trinajstić information content (AvgIpc) is 2.98. The van der Waals surface area contributed by atoms with Crippen molar-refractivity contribution in [1.29, 1.82) is 0 Å². The van der Waals surface area contributed by atoms with Crippen molar-refractivity contribution in [3.05, 3.63) is 21.9 Å². The molecule has 1 heterocycles. The van der Waals surface area contributed by atoms with E-state index in [2.05, 4.69) is 5.32 Å². The molecule has 0 spiro atoms. The second-order valence-electron chi connectivity index (χ2n) is 5.29. The fourth-order valence-corrected chi connectivity index (χ4v) is 3.28. The second kappa shape index (κ2) is 5.30. The molecule has 0 aromatic carbocycles. The Bertz CT molecular complexity index is 500. The maximum absolute atomic E-state index is 12.1. The summed E-state index contributed by atoms with van der Waals surface area (Å²) in [6.07, 6.45) is 2.78. The third kappa shape index (κ3) is 2.79. The summed E-state index contributed by atoms with van der Waals surface area (Å²) in [6.45, 7) is 2.04. The number of amides is 2. The van der Waals surface area contributed by atoms with Gasteiger partial charge in [-0.25, -0.2) is 0 Å². The van der Waals surface area contributed by atoms with Gasteiger partial charge in [0.2, 0.25) is 5.91 Å². The number of primary amides is 1. The quantitative estimate of drug-likeness (QED) is 0.773. The number of rotatable bonds is 4. The summed E-state index contributed by atoms with van der Waals surface area (Å²) >= 11 is 1.20. The minimum Gasteiger partial charge on any atom is -0.396 e. The van der Waals surface area contributed by atoms with E-state index in [-0.39, 0.29) is 24.0 Å². The van der Waals surface area contributed by atoms with Gasteiger partial charge in [-0.15, -0.1) is 11.3 Å². The number of thiophene rings is 1. The predicted molar refractivity (Wildman–Crippen MR) is 73.1 cm³/mol. The van der Waals surface area contributed by atoms with E-state index in [1.165, 1.54) is 17.4 Å². The van der Waals surface area contributed by atoms with E-state index in [1.807, 2.05) is 6.92 Å². The Balaban J connectivity index is 2.06. The second-order valence-corrected chi connectivity index (χ2v) is 6.21. The number of hydrogen-bond acceptors (Lipinski definition) is 4. The third-order valence-electron chi connectivity index (χ3n) is 3.86. The zero-order chi connectivity index (χ0) is 14.0. The van der Waals surface area contributed by atoms with Crippen molar-refractivity contribution in [2.45, 2.75) is 32.2 Å². The summed E-state index contributed by atoms with van der Waals surface area (Å²) < 4.78 is 0. The van der Waals surface area contributed by atoms with Gasteiger partial charge in [0.1, 0.15) is 0 Å². The van der Waals surface area contributed by atoms with Crippen molar-refractivity contribution in [2.24, 2.45) is 11.1 Å². The van der Waals surface area contributed by atoms with E-state index in [4.69, 9.17) is 5.73 Å². The summed E-state index contributed by atoms with van der Waals surface area (Å²) in [7, 11) is 0. The summed E-state index contributed by atoms with van der Waals surface area (Å²) in [6, 6.07) is 1.48. The number of hydrogen-bond donors (Lipinski definition) is 3. The van der Waals surface area contributed by atoms with Crippen molar-refractivity contribution >= 4 is 23.2 Å². The molecule has 1 aromatic rings. The Morgan fingerprint density at radius 2 is 2.37 bits per heavy atom. The monoisotopic (exact) mass is 282 g/mol. The molecular formula is C13H18N2O3S. The molecule has 6 heteroatoms. The van der Waals surface area contributed by atoms with Gasteiger partial charge in [0.25, 0.3) is 5.91 Å². The van der Waals surface area contributed by atoms with Crippen LogP contribution in [0.25, 0.3) is 0 Å². The van der Waals surface area contributed by atoms with E-state index < -0.39 is 5.91 Å². The lowest BCUT2D eigenvalue weighted by Crippen LogP contribution is -2.44. The van der Waals surface area contributed by atoms with E-state index in [0.717, 1.165) is 19.3 Å². The minimum absolute atomic E-state index is 0.0240. The smallest absolute Gasteiger partial charge is 0.261 e. The first-order valence-corrected chi connectivity index (χ1v) is 7.14. The molecule has 1 fully saturated rings. The van der Waals surface area contributed by atoms with Crippen LogP contribution in [0.1, 0.15) is 46.2 Å². The molecule has 2 unspecified atom stereocenters. The Hall–Kier alpha value is -1.40. The van der Waals surface area contributed by atoms with Gasteiger partial charge in [-0.3, -0.25) is 9.59 Å². The van der Waals surface area contributed by atoms with Crippen molar-refractivity contribution in [2.75, 3.05) is 6.61 Å². The standard InChI is InChI=1S/C13H18N2O3S/c1-13(7-16)4-2-3-10(13)15-12(18)9-5-8(6-19-9)11(14)17/h5-6,10,16H,2-4,7H2,1H3,(H2,14,17)(H,15,18). The number of nitrogens with two attached hydrogens (primary N) is 1. The molecule has 0 saturated heterocycles. The number of carbonyl (C=O) groups is 2. The van der Waals surface area contributed by atoms with Crippen LogP contribution >= 0.6 is 11.3 Å². The Kier molecular flexibility index (Phi) is 3.91. The predicted octanol–water partition coefficient (Wildman–Crippen LogP) is 1.13. The van der Waals surface area contributed by atoms with E-state index in [1.54, 1.807) is 5.38 Å². The van der Waals surface area contributed by atoms with Gasteiger partial charge in [0.15, 0.2) is 0 Å². The molecule has 1 aliphatic rings. The molecule has 1 aromatic heterocycles. The highest BCUT2D eigenvalue weighted by atomic mass is 32.1. The molecule has 2 atom stereocenters. The van der Waals surface area contributed by atoms with Gasteiger partial charge >= 0.3 is 0 Å². The summed E-state index contributed by atoms with van der Waals surface area (Å²) in [5, 5.41) is 14.0. The first-order chi connectivity index (χ1) is 8.96. The van der Waals surface area contributed by atoms with Gasteiger partial charge < -0.3 is 16.2 Å². The Morgan fingerprint density at radius 3 is 2.95 bits per heavy atom. The fourth-order valence-electron chi connectivity index (χ4n) is 2.48. The summed E-state index contributed by atoms with van der Waals surface area (Å²) in [5.74, 6) is -0.736. The highest BCUT2D eigenvalue weighted by Gasteiger charge is 2.39. The largest absolute Gasteiger partial charge is 0.396 e. The van der Waals surface area contributed by atoms with Crippen molar-refractivity contribution < 1.29 is 14.7 Å². The first-order valence-electron chi connectivity index (χ1n) is 6.26. The molecular weight excluding hydrogens is 264 g/mol. The van der Waals surface area contributed by atoms with Gasteiger partial charge in [0.05, 0.1) is 17.0 Å². The SMILES string of the molecule is CC1(CO)CCCC1NC(=O)c1cc(C(N)=O)cs1. The van der Waals surface area contributed by atoms with E-state index in [0.29, 0.717) is 10.4 Å². The molecule has 19 heavy (non-hydrogen) atoms.